The van der Waals surface area contributed by atoms with Gasteiger partial charge < -0.3 is 14.2 Å². The van der Waals surface area contributed by atoms with Crippen molar-refractivity contribution in [3.05, 3.63) is 77.4 Å². The van der Waals surface area contributed by atoms with Gasteiger partial charge in [-0.3, -0.25) is 4.79 Å². The van der Waals surface area contributed by atoms with E-state index in [9.17, 15) is 14.4 Å². The summed E-state index contributed by atoms with van der Waals surface area (Å²) in [6.45, 7) is 3.56. The molecule has 0 spiro atoms. The molecule has 0 unspecified atom stereocenters. The van der Waals surface area contributed by atoms with E-state index in [-0.39, 0.29) is 36.5 Å². The van der Waals surface area contributed by atoms with E-state index in [2.05, 4.69) is 0 Å². The predicted molar refractivity (Wildman–Crippen MR) is 106 cm³/mol. The molecule has 0 saturated heterocycles. The van der Waals surface area contributed by atoms with Gasteiger partial charge in [-0.1, -0.05) is 60.7 Å². The molecule has 0 bridgehead atoms. The number of hydrogen-bond donors (Lipinski definition) is 0. The molecule has 0 N–H and O–H groups in total. The van der Waals surface area contributed by atoms with Crippen molar-refractivity contribution in [2.24, 2.45) is 0 Å². The van der Waals surface area contributed by atoms with Gasteiger partial charge in [-0.05, 0) is 13.8 Å². The molecule has 0 amide bonds. The molecule has 2 aromatic carbocycles. The fourth-order valence-corrected chi connectivity index (χ4v) is 3.21. The number of carbonyl (C=O) groups is 3. The molecular formula is C23H22O6. The van der Waals surface area contributed by atoms with Crippen molar-refractivity contribution >= 4 is 23.5 Å². The Hall–Kier alpha value is -3.41. The Morgan fingerprint density at radius 2 is 1.48 bits per heavy atom. The normalized spacial score (nSPS) is 18.1. The lowest BCUT2D eigenvalue weighted by Gasteiger charge is -2.26. The molecule has 6 heteroatoms. The maximum atomic E-state index is 13.4. The van der Waals surface area contributed by atoms with Gasteiger partial charge in [0.1, 0.15) is 5.76 Å². The minimum Gasteiger partial charge on any atom is -0.466 e. The van der Waals surface area contributed by atoms with Crippen LogP contribution in [0.5, 0.6) is 0 Å². The number of carbonyl (C=O) groups excluding carboxylic acids is 3. The highest BCUT2D eigenvalue weighted by Gasteiger charge is 2.56. The van der Waals surface area contributed by atoms with Gasteiger partial charge in [0, 0.05) is 17.5 Å². The molecular weight excluding hydrogens is 372 g/mol. The highest BCUT2D eigenvalue weighted by atomic mass is 16.6. The summed E-state index contributed by atoms with van der Waals surface area (Å²) in [4.78, 5) is 39.0. The molecule has 1 aliphatic heterocycles. The first-order valence-corrected chi connectivity index (χ1v) is 9.45. The largest absolute Gasteiger partial charge is 0.466 e. The summed E-state index contributed by atoms with van der Waals surface area (Å²) in [5.41, 5.74) is -0.985. The summed E-state index contributed by atoms with van der Waals surface area (Å²) in [7, 11) is 0. The van der Waals surface area contributed by atoms with Gasteiger partial charge in [-0.15, -0.1) is 0 Å². The van der Waals surface area contributed by atoms with Crippen molar-refractivity contribution in [3.63, 3.8) is 0 Å². The van der Waals surface area contributed by atoms with Crippen LogP contribution in [-0.2, 0) is 23.8 Å². The Morgan fingerprint density at radius 3 is 2.07 bits per heavy atom. The maximum Gasteiger partial charge on any atom is 0.359 e. The standard InChI is InChI=1S/C23H22O6/c1-3-27-21(25)18-15-23(22(26)28-4-2,20(24)17-13-9-6-10-14-17)29-19(18)16-11-7-5-8-12-16/h5-14H,3-4,15H2,1-2H3/t23-/m0/s1. The first-order valence-electron chi connectivity index (χ1n) is 9.45. The average molecular weight is 394 g/mol. The van der Waals surface area contributed by atoms with E-state index in [1.54, 1.807) is 68.4 Å². The second-order valence-corrected chi connectivity index (χ2v) is 6.42. The molecule has 0 radical (unpaired) electrons. The Labute approximate surface area is 169 Å². The van der Waals surface area contributed by atoms with Gasteiger partial charge in [0.15, 0.2) is 0 Å². The predicted octanol–water partition coefficient (Wildman–Crippen LogP) is 3.57. The smallest absolute Gasteiger partial charge is 0.359 e. The zero-order valence-electron chi connectivity index (χ0n) is 16.3. The van der Waals surface area contributed by atoms with Crippen molar-refractivity contribution < 1.29 is 28.6 Å². The monoisotopic (exact) mass is 394 g/mol. The van der Waals surface area contributed by atoms with E-state index < -0.39 is 23.3 Å². The third-order valence-electron chi connectivity index (χ3n) is 4.54. The minimum absolute atomic E-state index is 0.0709. The summed E-state index contributed by atoms with van der Waals surface area (Å²) in [6, 6.07) is 17.2. The van der Waals surface area contributed by atoms with Crippen molar-refractivity contribution in [1.29, 1.82) is 0 Å². The lowest BCUT2D eigenvalue weighted by Crippen LogP contribution is -2.48. The van der Waals surface area contributed by atoms with Crippen molar-refractivity contribution in [1.82, 2.24) is 0 Å². The van der Waals surface area contributed by atoms with Crippen molar-refractivity contribution in [2.75, 3.05) is 13.2 Å². The van der Waals surface area contributed by atoms with Crippen LogP contribution in [0.3, 0.4) is 0 Å². The third-order valence-corrected chi connectivity index (χ3v) is 4.54. The zero-order valence-corrected chi connectivity index (χ0v) is 16.3. The fourth-order valence-electron chi connectivity index (χ4n) is 3.21. The maximum absolute atomic E-state index is 13.4. The van der Waals surface area contributed by atoms with Crippen LogP contribution >= 0.6 is 0 Å². The molecule has 1 atom stereocenters. The van der Waals surface area contributed by atoms with E-state index in [4.69, 9.17) is 14.2 Å². The Bertz CT molecular complexity index is 932. The lowest BCUT2D eigenvalue weighted by molar-refractivity contribution is -0.157. The SMILES string of the molecule is CCOC(=O)C1=C(c2ccccc2)O[C@](C(=O)OCC)(C(=O)c2ccccc2)C1. The second kappa shape index (κ2) is 8.73. The van der Waals surface area contributed by atoms with Crippen LogP contribution in [0.1, 0.15) is 36.2 Å². The molecule has 2 aromatic rings. The number of hydrogen-bond acceptors (Lipinski definition) is 6. The molecule has 3 rings (SSSR count). The quantitative estimate of drug-likeness (QED) is 0.406. The van der Waals surface area contributed by atoms with Crippen LogP contribution in [0.4, 0.5) is 0 Å². The van der Waals surface area contributed by atoms with Crippen LogP contribution in [0.25, 0.3) is 5.76 Å². The van der Waals surface area contributed by atoms with Gasteiger partial charge in [0.25, 0.3) is 5.60 Å². The summed E-state index contributed by atoms with van der Waals surface area (Å²) in [6.07, 6.45) is -0.261. The lowest BCUT2D eigenvalue weighted by atomic mass is 9.87. The molecule has 0 saturated carbocycles. The van der Waals surface area contributed by atoms with Crippen LogP contribution < -0.4 is 0 Å². The van der Waals surface area contributed by atoms with E-state index in [0.717, 1.165) is 0 Å². The topological polar surface area (TPSA) is 78.9 Å². The number of ether oxygens (including phenoxy) is 3. The summed E-state index contributed by atoms with van der Waals surface area (Å²) < 4.78 is 16.3. The number of esters is 2. The first kappa shape index (κ1) is 20.3. The number of ketones is 1. The van der Waals surface area contributed by atoms with Gasteiger partial charge in [-0.2, -0.15) is 0 Å². The molecule has 0 aliphatic carbocycles. The summed E-state index contributed by atoms with van der Waals surface area (Å²) >= 11 is 0. The Balaban J connectivity index is 2.10. The summed E-state index contributed by atoms with van der Waals surface area (Å²) in [5, 5.41) is 0. The number of benzene rings is 2. The van der Waals surface area contributed by atoms with E-state index in [1.807, 2.05) is 6.07 Å². The van der Waals surface area contributed by atoms with E-state index >= 15 is 0 Å². The highest BCUT2D eigenvalue weighted by molar-refractivity contribution is 6.18. The van der Waals surface area contributed by atoms with E-state index in [1.165, 1.54) is 0 Å². The average Bonchev–Trinajstić information content (AvgIpc) is 3.17. The molecule has 0 fully saturated rings. The zero-order chi connectivity index (χ0) is 20.9. The molecule has 1 aliphatic rings. The van der Waals surface area contributed by atoms with Gasteiger partial charge in [0.2, 0.25) is 5.78 Å². The van der Waals surface area contributed by atoms with Crippen molar-refractivity contribution in [2.45, 2.75) is 25.9 Å². The minimum atomic E-state index is -1.98. The fraction of sp³-hybridized carbons (Fsp3) is 0.261. The Morgan fingerprint density at radius 1 is 0.897 bits per heavy atom. The van der Waals surface area contributed by atoms with Crippen LogP contribution in [0.2, 0.25) is 0 Å². The molecule has 29 heavy (non-hydrogen) atoms. The van der Waals surface area contributed by atoms with Crippen LogP contribution in [-0.4, -0.2) is 36.5 Å². The second-order valence-electron chi connectivity index (χ2n) is 6.42. The number of Topliss-reactive ketones (excluding diaryl/α,β-unsaturated/α-hetero) is 1. The van der Waals surface area contributed by atoms with Gasteiger partial charge in [0.05, 0.1) is 18.8 Å². The van der Waals surface area contributed by atoms with Crippen molar-refractivity contribution in [3.8, 4) is 0 Å². The van der Waals surface area contributed by atoms with Gasteiger partial charge in [-0.25, -0.2) is 9.59 Å². The molecule has 150 valence electrons. The van der Waals surface area contributed by atoms with Gasteiger partial charge >= 0.3 is 11.9 Å². The molecule has 0 aromatic heterocycles. The van der Waals surface area contributed by atoms with Crippen LogP contribution in [0, 0.1) is 0 Å². The van der Waals surface area contributed by atoms with E-state index in [0.29, 0.717) is 5.56 Å². The Kier molecular flexibility index (Phi) is 6.12. The molecule has 6 nitrogen and oxygen atoms in total. The van der Waals surface area contributed by atoms with Crippen LogP contribution in [0.15, 0.2) is 66.2 Å². The third kappa shape index (κ3) is 3.92. The summed E-state index contributed by atoms with van der Waals surface area (Å²) in [5.74, 6) is -1.87. The molecule has 1 heterocycles. The first-order chi connectivity index (χ1) is 14.0. The number of rotatable bonds is 7. The highest BCUT2D eigenvalue weighted by Crippen LogP contribution is 2.42.